The first kappa shape index (κ1) is 13.0. The lowest BCUT2D eigenvalue weighted by Crippen LogP contribution is -1.87. The summed E-state index contributed by atoms with van der Waals surface area (Å²) in [5.74, 6) is -0.445. The monoisotopic (exact) mass is 312 g/mol. The fourth-order valence-electron chi connectivity index (χ4n) is 2.54. The van der Waals surface area contributed by atoms with Crippen LogP contribution in [-0.2, 0) is 0 Å². The van der Waals surface area contributed by atoms with Gasteiger partial charge in [-0.25, -0.2) is 14.4 Å². The molecule has 1 aromatic carbocycles. The van der Waals surface area contributed by atoms with Gasteiger partial charge >= 0.3 is 0 Å². The molecule has 4 aromatic rings. The fraction of sp³-hybridized carbons (Fsp3) is 0. The lowest BCUT2D eigenvalue weighted by molar-refractivity contribution is 0.628. The predicted octanol–water partition coefficient (Wildman–Crippen LogP) is 4.41. The first-order valence-electron chi connectivity index (χ1n) is 6.65. The summed E-state index contributed by atoms with van der Waals surface area (Å²) in [6.45, 7) is 0. The highest BCUT2D eigenvalue weighted by Gasteiger charge is 2.14. The normalized spacial score (nSPS) is 11.2. The molecule has 3 heterocycles. The van der Waals surface area contributed by atoms with Crippen molar-refractivity contribution in [2.45, 2.75) is 0 Å². The molecule has 0 aliphatic rings. The number of aromatic nitrogens is 4. The van der Waals surface area contributed by atoms with E-state index in [0.29, 0.717) is 0 Å². The van der Waals surface area contributed by atoms with E-state index in [1.54, 1.807) is 24.7 Å². The Morgan fingerprint density at radius 3 is 2.82 bits per heavy atom. The number of nitrogens with one attached hydrogen (secondary N) is 2. The first-order chi connectivity index (χ1) is 10.7. The molecule has 0 aliphatic heterocycles. The third-order valence-electron chi connectivity index (χ3n) is 3.56. The van der Waals surface area contributed by atoms with Gasteiger partial charge in [0.05, 0.1) is 22.7 Å². The molecule has 0 unspecified atom stereocenters. The lowest BCUT2D eigenvalue weighted by atomic mass is 10.0. The average Bonchev–Trinajstić information content (AvgIpc) is 3.18. The minimum absolute atomic E-state index is 0.0768. The molecule has 0 amide bonds. The maximum atomic E-state index is 13.4. The van der Waals surface area contributed by atoms with Crippen molar-refractivity contribution in [1.82, 2.24) is 19.9 Å². The molecule has 0 aliphatic carbocycles. The van der Waals surface area contributed by atoms with E-state index in [2.05, 4.69) is 19.9 Å². The summed E-state index contributed by atoms with van der Waals surface area (Å²) in [5, 5.41) is 1.06. The van der Waals surface area contributed by atoms with Crippen molar-refractivity contribution >= 4 is 22.6 Å². The Balaban J connectivity index is 1.93. The number of hydrogen-bond acceptors (Lipinski definition) is 2. The number of hydrogen-bond donors (Lipinski definition) is 2. The van der Waals surface area contributed by atoms with E-state index in [1.165, 1.54) is 6.07 Å². The zero-order valence-corrected chi connectivity index (χ0v) is 12.0. The molecule has 3 aromatic heterocycles. The van der Waals surface area contributed by atoms with E-state index in [0.717, 1.165) is 33.5 Å². The molecule has 0 saturated carbocycles. The Morgan fingerprint density at radius 2 is 1.95 bits per heavy atom. The Kier molecular flexibility index (Phi) is 2.94. The molecule has 0 bridgehead atoms. The van der Waals surface area contributed by atoms with Gasteiger partial charge in [-0.05, 0) is 30.3 Å². The number of aromatic amines is 2. The minimum Gasteiger partial charge on any atom is -0.346 e. The molecule has 4 rings (SSSR count). The van der Waals surface area contributed by atoms with Crippen LogP contribution in [0.1, 0.15) is 0 Å². The van der Waals surface area contributed by atoms with Crippen LogP contribution in [0.5, 0.6) is 0 Å². The van der Waals surface area contributed by atoms with Gasteiger partial charge in [0.1, 0.15) is 11.5 Å². The minimum atomic E-state index is -0.445. The molecular weight excluding hydrogens is 303 g/mol. The van der Waals surface area contributed by atoms with Gasteiger partial charge in [0.25, 0.3) is 0 Å². The Morgan fingerprint density at radius 1 is 1.05 bits per heavy atom. The van der Waals surface area contributed by atoms with Crippen LogP contribution in [0.2, 0.25) is 5.02 Å². The molecule has 2 N–H and O–H groups in total. The topological polar surface area (TPSA) is 57.4 Å². The SMILES string of the molecule is Fc1ccc(-c2nc[nH]c2-c2ccnc3[nH]ccc23)cc1Cl. The summed E-state index contributed by atoms with van der Waals surface area (Å²) in [6, 6.07) is 8.45. The van der Waals surface area contributed by atoms with Crippen LogP contribution in [0, 0.1) is 5.82 Å². The third kappa shape index (κ3) is 1.98. The molecule has 0 saturated heterocycles. The van der Waals surface area contributed by atoms with Gasteiger partial charge in [0.2, 0.25) is 0 Å². The molecule has 0 atom stereocenters. The van der Waals surface area contributed by atoms with Crippen LogP contribution in [0.15, 0.2) is 49.1 Å². The van der Waals surface area contributed by atoms with Crippen LogP contribution in [-0.4, -0.2) is 19.9 Å². The van der Waals surface area contributed by atoms with Crippen molar-refractivity contribution in [2.24, 2.45) is 0 Å². The van der Waals surface area contributed by atoms with Crippen molar-refractivity contribution in [2.75, 3.05) is 0 Å². The van der Waals surface area contributed by atoms with Crippen molar-refractivity contribution in [3.63, 3.8) is 0 Å². The van der Waals surface area contributed by atoms with Crippen LogP contribution in [0.25, 0.3) is 33.5 Å². The summed E-state index contributed by atoms with van der Waals surface area (Å²) in [7, 11) is 0. The first-order valence-corrected chi connectivity index (χ1v) is 7.03. The Bertz CT molecular complexity index is 973. The van der Waals surface area contributed by atoms with Gasteiger partial charge < -0.3 is 9.97 Å². The van der Waals surface area contributed by atoms with Crippen LogP contribution in [0.3, 0.4) is 0 Å². The van der Waals surface area contributed by atoms with Gasteiger partial charge in [0.15, 0.2) is 0 Å². The maximum absolute atomic E-state index is 13.4. The van der Waals surface area contributed by atoms with E-state index >= 15 is 0 Å². The van der Waals surface area contributed by atoms with E-state index < -0.39 is 5.82 Å². The van der Waals surface area contributed by atoms with Gasteiger partial charge in [-0.3, -0.25) is 0 Å². The number of imidazole rings is 1. The Labute approximate surface area is 130 Å². The van der Waals surface area contributed by atoms with E-state index in [4.69, 9.17) is 11.6 Å². The van der Waals surface area contributed by atoms with Crippen LogP contribution >= 0.6 is 11.6 Å². The molecular formula is C16H10ClFN4. The molecule has 6 heteroatoms. The average molecular weight is 313 g/mol. The number of H-pyrrole nitrogens is 2. The number of benzene rings is 1. The quantitative estimate of drug-likeness (QED) is 0.576. The molecule has 4 nitrogen and oxygen atoms in total. The van der Waals surface area contributed by atoms with Gasteiger partial charge in [-0.1, -0.05) is 11.6 Å². The van der Waals surface area contributed by atoms with Crippen molar-refractivity contribution in [3.8, 4) is 22.5 Å². The highest BCUT2D eigenvalue weighted by Crippen LogP contribution is 2.34. The van der Waals surface area contributed by atoms with Gasteiger partial charge in [-0.15, -0.1) is 0 Å². The molecule has 22 heavy (non-hydrogen) atoms. The fourth-order valence-corrected chi connectivity index (χ4v) is 2.72. The van der Waals surface area contributed by atoms with Crippen LogP contribution < -0.4 is 0 Å². The smallest absolute Gasteiger partial charge is 0.141 e. The lowest BCUT2D eigenvalue weighted by Gasteiger charge is -2.05. The van der Waals surface area contributed by atoms with E-state index in [1.807, 2.05) is 18.3 Å². The van der Waals surface area contributed by atoms with Crippen molar-refractivity contribution < 1.29 is 4.39 Å². The predicted molar refractivity (Wildman–Crippen MR) is 84.1 cm³/mol. The maximum Gasteiger partial charge on any atom is 0.141 e. The standard InChI is InChI=1S/C16H10ClFN4/c17-12-7-9(1-2-13(12)18)14-15(22-8-21-14)10-3-5-19-16-11(10)4-6-20-16/h1-8H,(H,19,20)(H,21,22). The number of fused-ring (bicyclic) bond motifs is 1. The highest BCUT2D eigenvalue weighted by molar-refractivity contribution is 6.31. The number of rotatable bonds is 2. The third-order valence-corrected chi connectivity index (χ3v) is 3.85. The highest BCUT2D eigenvalue weighted by atomic mass is 35.5. The summed E-state index contributed by atoms with van der Waals surface area (Å²) in [6.07, 6.45) is 5.18. The zero-order chi connectivity index (χ0) is 15.1. The van der Waals surface area contributed by atoms with Gasteiger partial charge in [-0.2, -0.15) is 0 Å². The number of pyridine rings is 1. The number of halogens is 2. The van der Waals surface area contributed by atoms with Crippen LogP contribution in [0.4, 0.5) is 4.39 Å². The summed E-state index contributed by atoms with van der Waals surface area (Å²) < 4.78 is 13.4. The van der Waals surface area contributed by atoms with Crippen molar-refractivity contribution in [3.05, 3.63) is 59.9 Å². The second-order valence-electron chi connectivity index (χ2n) is 4.85. The molecule has 0 fully saturated rings. The molecule has 0 spiro atoms. The summed E-state index contributed by atoms with van der Waals surface area (Å²) in [4.78, 5) is 14.9. The van der Waals surface area contributed by atoms with Gasteiger partial charge in [0, 0.05) is 28.9 Å². The van der Waals surface area contributed by atoms with E-state index in [9.17, 15) is 4.39 Å². The molecule has 0 radical (unpaired) electrons. The summed E-state index contributed by atoms with van der Waals surface area (Å²) in [5.41, 5.74) is 4.09. The number of nitrogens with zero attached hydrogens (tertiary/aromatic N) is 2. The summed E-state index contributed by atoms with van der Waals surface area (Å²) >= 11 is 5.88. The second kappa shape index (κ2) is 4.96. The second-order valence-corrected chi connectivity index (χ2v) is 5.26. The zero-order valence-electron chi connectivity index (χ0n) is 11.3. The Hall–Kier alpha value is -2.66. The van der Waals surface area contributed by atoms with E-state index in [-0.39, 0.29) is 5.02 Å². The van der Waals surface area contributed by atoms with Crippen molar-refractivity contribution in [1.29, 1.82) is 0 Å². The molecule has 108 valence electrons. The largest absolute Gasteiger partial charge is 0.346 e.